The van der Waals surface area contributed by atoms with Crippen LogP contribution < -0.4 is 10.6 Å². The van der Waals surface area contributed by atoms with Gasteiger partial charge in [-0.25, -0.2) is 9.97 Å². The van der Waals surface area contributed by atoms with Gasteiger partial charge in [0.2, 0.25) is 11.8 Å². The number of benzene rings is 6. The average Bonchev–Trinajstić information content (AvgIpc) is 4.26. The summed E-state index contributed by atoms with van der Waals surface area (Å²) in [5.41, 5.74) is 12.5. The van der Waals surface area contributed by atoms with Gasteiger partial charge in [-0.2, -0.15) is 0 Å². The first-order valence-electron chi connectivity index (χ1n) is 24.2. The minimum Gasteiger partial charge on any atom is -0.301 e. The molecule has 4 heterocycles. The first kappa shape index (κ1) is 46.8. The number of nitrogens with one attached hydrogen (secondary N) is 2. The van der Waals surface area contributed by atoms with Crippen LogP contribution in [-0.4, -0.2) is 37.5 Å². The second-order valence-electron chi connectivity index (χ2n) is 18.3. The number of aromatic nitrogens is 4. The third-order valence-electron chi connectivity index (χ3n) is 13.9. The van der Waals surface area contributed by atoms with E-state index in [4.69, 9.17) is 9.97 Å². The number of carbonyl (C=O) groups excluding carboxylic acids is 3. The molecule has 2 N–H and O–H groups in total. The maximum atomic E-state index is 13.9. The summed E-state index contributed by atoms with van der Waals surface area (Å²) in [6.07, 6.45) is 10.3. The molecular formula is C62H48N6O3S2. The summed E-state index contributed by atoms with van der Waals surface area (Å²) in [5.74, 6) is -0.273. The average molecular weight is 989 g/mol. The molecular weight excluding hydrogens is 941 g/mol. The Morgan fingerprint density at radius 1 is 0.479 bits per heavy atom. The molecule has 12 rings (SSSR count). The topological polar surface area (TPSA) is 127 Å². The highest BCUT2D eigenvalue weighted by Gasteiger charge is 2.51. The number of thiazole rings is 2. The van der Waals surface area contributed by atoms with Crippen molar-refractivity contribution in [2.24, 2.45) is 0 Å². The molecule has 10 aromatic rings. The fraction of sp³-hybridized carbons (Fsp3) is 0.113. The number of hydrogen-bond acceptors (Lipinski definition) is 9. The molecule has 0 saturated carbocycles. The fourth-order valence-corrected chi connectivity index (χ4v) is 11.7. The molecule has 2 amide bonds. The monoisotopic (exact) mass is 988 g/mol. The van der Waals surface area contributed by atoms with Crippen LogP contribution in [0.3, 0.4) is 0 Å². The molecule has 0 aliphatic heterocycles. The maximum Gasteiger partial charge on any atom is 0.241 e. The van der Waals surface area contributed by atoms with Crippen molar-refractivity contribution < 1.29 is 14.4 Å². The smallest absolute Gasteiger partial charge is 0.241 e. The Morgan fingerprint density at radius 2 is 0.918 bits per heavy atom. The van der Waals surface area contributed by atoms with Gasteiger partial charge in [0.15, 0.2) is 16.0 Å². The fourth-order valence-electron chi connectivity index (χ4n) is 10.3. The first-order valence-corrected chi connectivity index (χ1v) is 25.9. The van der Waals surface area contributed by atoms with E-state index in [1.165, 1.54) is 33.8 Å². The van der Waals surface area contributed by atoms with Crippen molar-refractivity contribution >= 4 is 50.5 Å². The van der Waals surface area contributed by atoms with E-state index in [0.717, 1.165) is 80.7 Å². The van der Waals surface area contributed by atoms with E-state index < -0.39 is 10.8 Å². The van der Waals surface area contributed by atoms with Crippen LogP contribution >= 0.6 is 22.7 Å². The molecule has 4 aromatic heterocycles. The lowest BCUT2D eigenvalue weighted by Gasteiger charge is -2.29. The lowest BCUT2D eigenvalue weighted by Crippen LogP contribution is -2.40. The highest BCUT2D eigenvalue weighted by molar-refractivity contribution is 7.14. The van der Waals surface area contributed by atoms with E-state index in [0.29, 0.717) is 22.2 Å². The number of nitrogens with zero attached hydrogens (tertiary/aromatic N) is 4. The third-order valence-corrected chi connectivity index (χ3v) is 15.5. The summed E-state index contributed by atoms with van der Waals surface area (Å²) in [4.78, 5) is 58.3. The lowest BCUT2D eigenvalue weighted by atomic mass is 9.74. The quantitative estimate of drug-likeness (QED) is 0.125. The van der Waals surface area contributed by atoms with E-state index in [9.17, 15) is 14.4 Å². The standard InChI is InChI=1S/C31H23N3O2S.C31H25N3OS/c35-28-19-31(24-6-2-1-3-7-24,27-9-5-4-8-26(27)28)29(36)34-30-33-25(20-37-30)18-21-10-12-22(13-11-21)23-14-16-32-17-15-23;35-29(31(26-7-2-1-3-8-26)17-14-25-6-4-5-9-28(25)31)34-30-33-27(21-36-30)20-22-10-12-23(13-11-22)24-15-18-32-19-16-24/h1-17,20H,18-19H2,(H,33,34,36);1-13,15-16,18-19,21H,14,17,20H2,(H,33,34,35). The van der Waals surface area contributed by atoms with Gasteiger partial charge in [-0.05, 0) is 98.3 Å². The molecule has 2 atom stereocenters. The summed E-state index contributed by atoms with van der Waals surface area (Å²) in [6, 6.07) is 60.3. The zero-order valence-electron chi connectivity index (χ0n) is 39.7. The number of pyridine rings is 2. The normalized spacial score (nSPS) is 16.4. The van der Waals surface area contributed by atoms with Gasteiger partial charge >= 0.3 is 0 Å². The minimum absolute atomic E-state index is 0.0127. The van der Waals surface area contributed by atoms with Gasteiger partial charge < -0.3 is 10.6 Å². The summed E-state index contributed by atoms with van der Waals surface area (Å²) in [7, 11) is 0. The van der Waals surface area contributed by atoms with Crippen molar-refractivity contribution in [2.75, 3.05) is 10.6 Å². The van der Waals surface area contributed by atoms with Gasteiger partial charge in [-0.1, -0.05) is 158 Å². The molecule has 356 valence electrons. The molecule has 6 aromatic carbocycles. The summed E-state index contributed by atoms with van der Waals surface area (Å²) in [5, 5.41) is 11.4. The zero-order valence-corrected chi connectivity index (χ0v) is 41.3. The van der Waals surface area contributed by atoms with E-state index in [1.807, 2.05) is 108 Å². The number of anilines is 2. The van der Waals surface area contributed by atoms with Crippen LogP contribution in [0.15, 0.2) is 218 Å². The van der Waals surface area contributed by atoms with E-state index in [2.05, 4.69) is 99.5 Å². The molecule has 2 aliphatic carbocycles. The number of carbonyl (C=O) groups is 3. The van der Waals surface area contributed by atoms with Crippen LogP contribution in [0, 0.1) is 0 Å². The first-order chi connectivity index (χ1) is 35.9. The van der Waals surface area contributed by atoms with Crippen LogP contribution in [0.25, 0.3) is 22.3 Å². The molecule has 2 aliphatic rings. The third kappa shape index (κ3) is 9.56. The second kappa shape index (κ2) is 20.7. The molecule has 2 unspecified atom stereocenters. The number of hydrogen-bond donors (Lipinski definition) is 2. The van der Waals surface area contributed by atoms with Crippen LogP contribution in [0.4, 0.5) is 10.3 Å². The van der Waals surface area contributed by atoms with E-state index in [1.54, 1.807) is 30.9 Å². The Morgan fingerprint density at radius 3 is 1.45 bits per heavy atom. The Balaban J connectivity index is 0.000000157. The zero-order chi connectivity index (χ0) is 49.6. The lowest BCUT2D eigenvalue weighted by molar-refractivity contribution is -0.120. The predicted molar refractivity (Wildman–Crippen MR) is 291 cm³/mol. The van der Waals surface area contributed by atoms with Crippen molar-refractivity contribution in [1.82, 2.24) is 19.9 Å². The Hall–Kier alpha value is -8.51. The van der Waals surface area contributed by atoms with Gasteiger partial charge in [0, 0.05) is 60.4 Å². The molecule has 0 radical (unpaired) electrons. The number of ketones is 1. The van der Waals surface area contributed by atoms with Gasteiger partial charge in [0.1, 0.15) is 5.41 Å². The molecule has 0 spiro atoms. The van der Waals surface area contributed by atoms with Crippen LogP contribution in [0.5, 0.6) is 0 Å². The highest BCUT2D eigenvalue weighted by atomic mass is 32.1. The van der Waals surface area contributed by atoms with Gasteiger partial charge in [-0.3, -0.25) is 24.4 Å². The Bertz CT molecular complexity index is 3550. The van der Waals surface area contributed by atoms with Gasteiger partial charge in [0.25, 0.3) is 0 Å². The molecule has 11 heteroatoms. The van der Waals surface area contributed by atoms with Crippen molar-refractivity contribution in [3.8, 4) is 22.3 Å². The van der Waals surface area contributed by atoms with Crippen molar-refractivity contribution in [2.45, 2.75) is 42.9 Å². The molecule has 0 bridgehead atoms. The number of fused-ring (bicyclic) bond motifs is 2. The number of Topliss-reactive ketones (excluding diaryl/α,β-unsaturated/α-hetero) is 1. The SMILES string of the molecule is O=C(Nc1nc(Cc2ccc(-c3ccncc3)cc2)cs1)C1(c2ccccc2)CCc2ccccc21.O=C1CC(C(=O)Nc2nc(Cc3ccc(-c4ccncc4)cc3)cs2)(c2ccccc2)c2ccccc21. The van der Waals surface area contributed by atoms with E-state index >= 15 is 0 Å². The van der Waals surface area contributed by atoms with Crippen LogP contribution in [-0.2, 0) is 39.7 Å². The van der Waals surface area contributed by atoms with E-state index in [-0.39, 0.29) is 24.0 Å². The maximum absolute atomic E-state index is 13.9. The summed E-state index contributed by atoms with van der Waals surface area (Å²) < 4.78 is 0. The van der Waals surface area contributed by atoms with Crippen LogP contribution in [0.2, 0.25) is 0 Å². The summed E-state index contributed by atoms with van der Waals surface area (Å²) in [6.45, 7) is 0. The Kier molecular flexibility index (Phi) is 13.3. The number of amides is 2. The van der Waals surface area contributed by atoms with Crippen LogP contribution in [0.1, 0.15) is 73.5 Å². The minimum atomic E-state index is -1.08. The molecule has 9 nitrogen and oxygen atoms in total. The largest absolute Gasteiger partial charge is 0.301 e. The van der Waals surface area contributed by atoms with Crippen molar-refractivity contribution in [3.63, 3.8) is 0 Å². The second-order valence-corrected chi connectivity index (χ2v) is 20.0. The van der Waals surface area contributed by atoms with Crippen molar-refractivity contribution in [1.29, 1.82) is 0 Å². The van der Waals surface area contributed by atoms with Crippen molar-refractivity contribution in [3.05, 3.63) is 273 Å². The van der Waals surface area contributed by atoms with Gasteiger partial charge in [-0.15, -0.1) is 22.7 Å². The van der Waals surface area contributed by atoms with Gasteiger partial charge in [0.05, 0.1) is 16.8 Å². The Labute approximate surface area is 431 Å². The number of aryl methyl sites for hydroxylation is 1. The molecule has 73 heavy (non-hydrogen) atoms. The highest BCUT2D eigenvalue weighted by Crippen LogP contribution is 2.46. The molecule has 0 fully saturated rings. The number of rotatable bonds is 12. The summed E-state index contributed by atoms with van der Waals surface area (Å²) >= 11 is 2.88. The molecule has 0 saturated heterocycles. The predicted octanol–water partition coefficient (Wildman–Crippen LogP) is 13.0.